The van der Waals surface area contributed by atoms with E-state index in [0.29, 0.717) is 11.3 Å². The van der Waals surface area contributed by atoms with Crippen molar-refractivity contribution in [1.29, 1.82) is 0 Å². The van der Waals surface area contributed by atoms with Gasteiger partial charge in [-0.05, 0) is 24.3 Å². The molecule has 1 aliphatic rings. The fourth-order valence-electron chi connectivity index (χ4n) is 3.28. The van der Waals surface area contributed by atoms with E-state index in [1.54, 1.807) is 30.3 Å². The number of nitrogens with two attached hydrogens (primary N) is 2. The molecular formula is C23H19N5O5S. The number of thioether (sulfide) groups is 1. The number of carbonyl (C=O) groups excluding carboxylic acids is 4. The summed E-state index contributed by atoms with van der Waals surface area (Å²) >= 11 is 1.00. The molecule has 1 atom stereocenters. The molecule has 4 N–H and O–H groups in total. The van der Waals surface area contributed by atoms with Crippen LogP contribution in [-0.4, -0.2) is 45.4 Å². The zero-order valence-corrected chi connectivity index (χ0v) is 18.5. The van der Waals surface area contributed by atoms with Crippen molar-refractivity contribution in [1.82, 2.24) is 9.97 Å². The third kappa shape index (κ3) is 5.04. The Hall–Kier alpha value is -4.25. The van der Waals surface area contributed by atoms with Gasteiger partial charge < -0.3 is 16.2 Å². The van der Waals surface area contributed by atoms with E-state index in [0.717, 1.165) is 16.7 Å². The topological polar surface area (TPSA) is 159 Å². The molecule has 10 nitrogen and oxygen atoms in total. The number of nitrogen functional groups attached to an aromatic ring is 2. The summed E-state index contributed by atoms with van der Waals surface area (Å²) in [6, 6.07) is 15.7. The summed E-state index contributed by atoms with van der Waals surface area (Å²) in [4.78, 5) is 58.9. The maximum Gasteiger partial charge on any atom is 0.338 e. The van der Waals surface area contributed by atoms with Crippen LogP contribution in [0.4, 0.5) is 17.3 Å². The molecule has 0 radical (unpaired) electrons. The zero-order valence-electron chi connectivity index (χ0n) is 17.7. The SMILES string of the molecule is Nc1cc(N)nc(SC2CC(=O)N(c3ccc(C(=O)OCC(=O)c4ccccc4)cc3)C2=O)n1. The quantitative estimate of drug-likeness (QED) is 0.223. The number of rotatable bonds is 7. The third-order valence-corrected chi connectivity index (χ3v) is 5.94. The van der Waals surface area contributed by atoms with Gasteiger partial charge in [-0.1, -0.05) is 42.1 Å². The molecule has 1 aromatic heterocycles. The van der Waals surface area contributed by atoms with Crippen LogP contribution in [0.5, 0.6) is 0 Å². The monoisotopic (exact) mass is 477 g/mol. The van der Waals surface area contributed by atoms with Crippen LogP contribution < -0.4 is 16.4 Å². The number of hydrogen-bond donors (Lipinski definition) is 2. The largest absolute Gasteiger partial charge is 0.454 e. The van der Waals surface area contributed by atoms with Crippen molar-refractivity contribution >= 4 is 52.7 Å². The Labute approximate surface area is 198 Å². The molecule has 3 aromatic rings. The number of anilines is 3. The molecular weight excluding hydrogens is 458 g/mol. The molecule has 0 spiro atoms. The Balaban J connectivity index is 1.39. The highest BCUT2D eigenvalue weighted by atomic mass is 32.2. The predicted molar refractivity (Wildman–Crippen MR) is 125 cm³/mol. The van der Waals surface area contributed by atoms with Crippen LogP contribution in [0, 0.1) is 0 Å². The highest BCUT2D eigenvalue weighted by molar-refractivity contribution is 8.00. The van der Waals surface area contributed by atoms with Crippen molar-refractivity contribution < 1.29 is 23.9 Å². The van der Waals surface area contributed by atoms with Crippen LogP contribution in [0.15, 0.2) is 65.8 Å². The molecule has 1 fully saturated rings. The van der Waals surface area contributed by atoms with Gasteiger partial charge in [-0.25, -0.2) is 19.7 Å². The number of ether oxygens (including phenoxy) is 1. The number of imide groups is 1. The van der Waals surface area contributed by atoms with E-state index in [9.17, 15) is 19.2 Å². The van der Waals surface area contributed by atoms with Gasteiger partial charge in [-0.15, -0.1) is 0 Å². The number of benzene rings is 2. The van der Waals surface area contributed by atoms with Crippen LogP contribution in [0.3, 0.4) is 0 Å². The Morgan fingerprint density at radius 3 is 2.26 bits per heavy atom. The van der Waals surface area contributed by atoms with Gasteiger partial charge in [0.1, 0.15) is 16.9 Å². The molecule has 0 bridgehead atoms. The van der Waals surface area contributed by atoms with E-state index in [1.807, 2.05) is 0 Å². The second-order valence-electron chi connectivity index (χ2n) is 7.29. The standard InChI is InChI=1S/C23H19N5O5S/c24-18-11-19(25)27-23(26-18)34-17-10-20(30)28(21(17)31)15-8-6-14(7-9-15)22(32)33-12-16(29)13-4-2-1-3-5-13/h1-9,11,17H,10,12H2,(H4,24,25,26,27). The first-order valence-corrected chi connectivity index (χ1v) is 11.0. The first kappa shape index (κ1) is 22.9. The van der Waals surface area contributed by atoms with E-state index in [4.69, 9.17) is 16.2 Å². The molecule has 0 aliphatic carbocycles. The average molecular weight is 478 g/mol. The van der Waals surface area contributed by atoms with Gasteiger partial charge in [0, 0.05) is 18.1 Å². The predicted octanol–water partition coefficient (Wildman–Crippen LogP) is 2.10. The average Bonchev–Trinajstić information content (AvgIpc) is 3.09. The molecule has 11 heteroatoms. The van der Waals surface area contributed by atoms with E-state index >= 15 is 0 Å². The van der Waals surface area contributed by atoms with Gasteiger partial charge in [-0.3, -0.25) is 14.4 Å². The summed E-state index contributed by atoms with van der Waals surface area (Å²) in [5.41, 5.74) is 12.2. The first-order valence-electron chi connectivity index (χ1n) is 10.1. The Kier molecular flexibility index (Phi) is 6.55. The summed E-state index contributed by atoms with van der Waals surface area (Å²) in [6.45, 7) is -0.400. The number of nitrogens with zero attached hydrogens (tertiary/aromatic N) is 3. The number of hydrogen-bond acceptors (Lipinski definition) is 10. The van der Waals surface area contributed by atoms with Crippen molar-refractivity contribution in [3.8, 4) is 0 Å². The van der Waals surface area contributed by atoms with Gasteiger partial charge in [0.25, 0.3) is 0 Å². The smallest absolute Gasteiger partial charge is 0.338 e. The lowest BCUT2D eigenvalue weighted by Crippen LogP contribution is -2.31. The molecule has 1 aliphatic heterocycles. The van der Waals surface area contributed by atoms with Gasteiger partial charge in [0.2, 0.25) is 11.8 Å². The van der Waals surface area contributed by atoms with Gasteiger partial charge in [0.15, 0.2) is 17.5 Å². The summed E-state index contributed by atoms with van der Waals surface area (Å²) in [5.74, 6) is -1.53. The van der Waals surface area contributed by atoms with Crippen molar-refractivity contribution in [3.63, 3.8) is 0 Å². The number of ketones is 1. The Bertz CT molecular complexity index is 1250. The minimum Gasteiger partial charge on any atom is -0.454 e. The second kappa shape index (κ2) is 9.71. The number of esters is 1. The van der Waals surface area contributed by atoms with Gasteiger partial charge in [0.05, 0.1) is 11.3 Å². The maximum absolute atomic E-state index is 12.9. The van der Waals surface area contributed by atoms with E-state index in [-0.39, 0.29) is 34.6 Å². The minimum atomic E-state index is -0.734. The van der Waals surface area contributed by atoms with Gasteiger partial charge >= 0.3 is 5.97 Å². The molecule has 2 heterocycles. The zero-order chi connectivity index (χ0) is 24.2. The van der Waals surface area contributed by atoms with Gasteiger partial charge in [-0.2, -0.15) is 0 Å². The highest BCUT2D eigenvalue weighted by Gasteiger charge is 2.40. The van der Waals surface area contributed by atoms with Crippen LogP contribution in [0.1, 0.15) is 27.1 Å². The maximum atomic E-state index is 12.9. The van der Waals surface area contributed by atoms with Crippen molar-refractivity contribution in [2.75, 3.05) is 23.0 Å². The summed E-state index contributed by atoms with van der Waals surface area (Å²) in [5, 5.41) is -0.531. The fourth-order valence-corrected chi connectivity index (χ4v) is 4.28. The van der Waals surface area contributed by atoms with Crippen molar-refractivity contribution in [3.05, 3.63) is 71.8 Å². The van der Waals surface area contributed by atoms with Crippen molar-refractivity contribution in [2.45, 2.75) is 16.8 Å². The number of aromatic nitrogens is 2. The van der Waals surface area contributed by atoms with E-state index in [2.05, 4.69) is 9.97 Å². The summed E-state index contributed by atoms with van der Waals surface area (Å²) < 4.78 is 5.08. The molecule has 0 saturated carbocycles. The normalized spacial score (nSPS) is 15.4. The molecule has 1 saturated heterocycles. The van der Waals surface area contributed by atoms with Crippen LogP contribution in [-0.2, 0) is 14.3 Å². The van der Waals surface area contributed by atoms with E-state index < -0.39 is 29.6 Å². The molecule has 2 amide bonds. The summed E-state index contributed by atoms with van der Waals surface area (Å²) in [7, 11) is 0. The lowest BCUT2D eigenvalue weighted by atomic mass is 10.1. The van der Waals surface area contributed by atoms with E-state index in [1.165, 1.54) is 30.3 Å². The number of carbonyl (C=O) groups is 4. The van der Waals surface area contributed by atoms with Crippen LogP contribution in [0.2, 0.25) is 0 Å². The number of amides is 2. The highest BCUT2D eigenvalue weighted by Crippen LogP contribution is 2.33. The lowest BCUT2D eigenvalue weighted by Gasteiger charge is -2.15. The molecule has 34 heavy (non-hydrogen) atoms. The Morgan fingerprint density at radius 2 is 1.62 bits per heavy atom. The third-order valence-electron chi connectivity index (χ3n) is 4.89. The second-order valence-corrected chi connectivity index (χ2v) is 8.46. The summed E-state index contributed by atoms with van der Waals surface area (Å²) in [6.07, 6.45) is -0.0487. The molecule has 4 rings (SSSR count). The first-order chi connectivity index (χ1) is 16.3. The molecule has 2 aromatic carbocycles. The van der Waals surface area contributed by atoms with Crippen LogP contribution >= 0.6 is 11.8 Å². The molecule has 172 valence electrons. The number of Topliss-reactive ketones (excluding diaryl/α,β-unsaturated/α-hetero) is 1. The minimum absolute atomic E-state index is 0.0487. The Morgan fingerprint density at radius 1 is 0.971 bits per heavy atom. The van der Waals surface area contributed by atoms with Crippen LogP contribution in [0.25, 0.3) is 0 Å². The van der Waals surface area contributed by atoms with Crippen molar-refractivity contribution in [2.24, 2.45) is 0 Å². The lowest BCUT2D eigenvalue weighted by molar-refractivity contribution is -0.121. The molecule has 1 unspecified atom stereocenters. The fraction of sp³-hybridized carbons (Fsp3) is 0.130.